The lowest BCUT2D eigenvalue weighted by Gasteiger charge is -2.29. The molecule has 0 atom stereocenters. The summed E-state index contributed by atoms with van der Waals surface area (Å²) in [5.41, 5.74) is 5.87. The normalized spacial score (nSPS) is 14.0. The number of aromatic amines is 1. The maximum atomic E-state index is 4.65. The predicted octanol–water partition coefficient (Wildman–Crippen LogP) is 4.61. The van der Waals surface area contributed by atoms with Gasteiger partial charge in [0.05, 0.1) is 22.3 Å². The Kier molecular flexibility index (Phi) is 5.40. The number of fused-ring (bicyclic) bond motifs is 1. The molecule has 0 bridgehead atoms. The van der Waals surface area contributed by atoms with Gasteiger partial charge < -0.3 is 15.5 Å². The smallest absolute Gasteiger partial charge is 0.153 e. The average Bonchev–Trinajstić information content (AvgIpc) is 3.52. The second kappa shape index (κ2) is 8.85. The molecule has 1 saturated heterocycles. The van der Waals surface area contributed by atoms with Crippen LogP contribution in [-0.2, 0) is 0 Å². The molecule has 0 radical (unpaired) electrons. The molecular weight excluding hydrogens is 444 g/mol. The zero-order valence-corrected chi connectivity index (χ0v) is 19.6. The fraction of sp³-hybridized carbons (Fsp3) is 0.200. The minimum Gasteiger partial charge on any atom is -0.368 e. The van der Waals surface area contributed by atoms with Crippen LogP contribution >= 0.6 is 11.5 Å². The summed E-state index contributed by atoms with van der Waals surface area (Å²) in [5.74, 6) is 1.59. The Morgan fingerprint density at radius 3 is 2.79 bits per heavy atom. The number of nitrogens with one attached hydrogen (secondary N) is 3. The molecule has 0 spiro atoms. The Bertz CT molecular complexity index is 1430. The van der Waals surface area contributed by atoms with Gasteiger partial charge in [-0.15, -0.1) is 0 Å². The van der Waals surface area contributed by atoms with Crippen molar-refractivity contribution in [2.24, 2.45) is 0 Å². The molecule has 0 aliphatic carbocycles. The average molecular weight is 469 g/mol. The van der Waals surface area contributed by atoms with E-state index in [2.05, 4.69) is 64.3 Å². The summed E-state index contributed by atoms with van der Waals surface area (Å²) in [5, 5.41) is 15.3. The Balaban J connectivity index is 1.29. The molecule has 1 fully saturated rings. The van der Waals surface area contributed by atoms with Crippen molar-refractivity contribution in [3.63, 3.8) is 0 Å². The third kappa shape index (κ3) is 4.00. The van der Waals surface area contributed by atoms with Gasteiger partial charge in [0.2, 0.25) is 0 Å². The van der Waals surface area contributed by atoms with Crippen molar-refractivity contribution in [1.29, 1.82) is 0 Å². The SMILES string of the molecule is Cc1cccc(-c2n[nH]cc2-c2ccc3snc(Nc4ccc(N5CCNCC5)cn4)c3c2)n1. The quantitative estimate of drug-likeness (QED) is 0.347. The van der Waals surface area contributed by atoms with Gasteiger partial charge in [-0.3, -0.25) is 10.1 Å². The number of pyridine rings is 2. The number of H-pyrrole nitrogens is 1. The molecule has 8 nitrogen and oxygen atoms in total. The summed E-state index contributed by atoms with van der Waals surface area (Å²) >= 11 is 1.48. The van der Waals surface area contributed by atoms with E-state index in [4.69, 9.17) is 0 Å². The van der Waals surface area contributed by atoms with Gasteiger partial charge in [-0.25, -0.2) is 4.98 Å². The van der Waals surface area contributed by atoms with Gasteiger partial charge in [0, 0.05) is 49.0 Å². The van der Waals surface area contributed by atoms with Gasteiger partial charge in [-0.05, 0) is 60.4 Å². The van der Waals surface area contributed by atoms with Crippen LogP contribution in [0.4, 0.5) is 17.3 Å². The van der Waals surface area contributed by atoms with Crippen LogP contribution < -0.4 is 15.5 Å². The molecule has 5 heterocycles. The predicted molar refractivity (Wildman–Crippen MR) is 138 cm³/mol. The number of anilines is 3. The van der Waals surface area contributed by atoms with E-state index in [9.17, 15) is 0 Å². The summed E-state index contributed by atoms with van der Waals surface area (Å²) < 4.78 is 5.77. The van der Waals surface area contributed by atoms with Crippen LogP contribution in [0.15, 0.2) is 60.9 Å². The fourth-order valence-corrected chi connectivity index (χ4v) is 4.98. The van der Waals surface area contributed by atoms with Gasteiger partial charge in [-0.1, -0.05) is 12.1 Å². The third-order valence-electron chi connectivity index (χ3n) is 6.03. The minimum atomic E-state index is 0.782. The Morgan fingerprint density at radius 2 is 1.97 bits per heavy atom. The molecule has 34 heavy (non-hydrogen) atoms. The minimum absolute atomic E-state index is 0.782. The number of piperazine rings is 1. The standard InChI is InChI=1S/C25H24N8S/c1-16-3-2-4-21(29-16)24-20(15-28-31-24)17-5-7-22-19(13-17)25(32-34-22)30-23-8-6-18(14-27-23)33-11-9-26-10-12-33/h2-8,13-15,26H,9-12H2,1H3,(H,28,31)(H,27,30,32). The van der Waals surface area contributed by atoms with Crippen molar-refractivity contribution >= 4 is 38.9 Å². The molecule has 1 aliphatic rings. The topological polar surface area (TPSA) is 94.7 Å². The van der Waals surface area contributed by atoms with Crippen molar-refractivity contribution in [2.75, 3.05) is 36.4 Å². The Hall–Kier alpha value is -3.82. The summed E-state index contributed by atoms with van der Waals surface area (Å²) in [7, 11) is 0. The maximum Gasteiger partial charge on any atom is 0.153 e. The molecule has 1 aliphatic heterocycles. The Labute approximate surface area is 201 Å². The lowest BCUT2D eigenvalue weighted by atomic mass is 10.0. The van der Waals surface area contributed by atoms with Gasteiger partial charge in [0.15, 0.2) is 5.82 Å². The molecule has 0 amide bonds. The van der Waals surface area contributed by atoms with Crippen LogP contribution in [0.3, 0.4) is 0 Å². The lowest BCUT2D eigenvalue weighted by molar-refractivity contribution is 0.589. The zero-order valence-electron chi connectivity index (χ0n) is 18.7. The van der Waals surface area contributed by atoms with Crippen LogP contribution in [0.1, 0.15) is 5.69 Å². The van der Waals surface area contributed by atoms with E-state index in [-0.39, 0.29) is 0 Å². The van der Waals surface area contributed by atoms with Crippen LogP contribution in [-0.4, -0.2) is 50.7 Å². The fourth-order valence-electron chi connectivity index (χ4n) is 4.27. The zero-order chi connectivity index (χ0) is 22.9. The van der Waals surface area contributed by atoms with Crippen molar-refractivity contribution < 1.29 is 0 Å². The van der Waals surface area contributed by atoms with E-state index in [1.54, 1.807) is 0 Å². The summed E-state index contributed by atoms with van der Waals surface area (Å²) in [6.45, 7) is 6.00. The molecular formula is C25H24N8S. The first kappa shape index (κ1) is 20.8. The summed E-state index contributed by atoms with van der Waals surface area (Å²) in [4.78, 5) is 11.6. The number of aryl methyl sites for hydroxylation is 1. The summed E-state index contributed by atoms with van der Waals surface area (Å²) in [6.07, 6.45) is 3.85. The molecule has 1 aromatic carbocycles. The number of aromatic nitrogens is 5. The van der Waals surface area contributed by atoms with E-state index in [1.807, 2.05) is 43.6 Å². The van der Waals surface area contributed by atoms with Crippen molar-refractivity contribution in [3.05, 3.63) is 66.6 Å². The lowest BCUT2D eigenvalue weighted by Crippen LogP contribution is -2.43. The molecule has 4 aromatic heterocycles. The molecule has 0 saturated carbocycles. The highest BCUT2D eigenvalue weighted by molar-refractivity contribution is 7.13. The monoisotopic (exact) mass is 468 g/mol. The summed E-state index contributed by atoms with van der Waals surface area (Å²) in [6, 6.07) is 16.5. The number of benzene rings is 1. The molecule has 6 rings (SSSR count). The van der Waals surface area contributed by atoms with Gasteiger partial charge in [-0.2, -0.15) is 9.47 Å². The van der Waals surface area contributed by atoms with E-state index in [1.165, 1.54) is 11.5 Å². The van der Waals surface area contributed by atoms with Gasteiger partial charge >= 0.3 is 0 Å². The first-order valence-corrected chi connectivity index (χ1v) is 12.1. The number of hydrogen-bond acceptors (Lipinski definition) is 8. The molecule has 9 heteroatoms. The van der Waals surface area contributed by atoms with E-state index >= 15 is 0 Å². The molecule has 3 N–H and O–H groups in total. The van der Waals surface area contributed by atoms with Gasteiger partial charge in [0.1, 0.15) is 11.5 Å². The van der Waals surface area contributed by atoms with Crippen LogP contribution in [0, 0.1) is 6.92 Å². The van der Waals surface area contributed by atoms with E-state index in [0.717, 1.165) is 81.8 Å². The third-order valence-corrected chi connectivity index (χ3v) is 6.86. The second-order valence-electron chi connectivity index (χ2n) is 8.32. The van der Waals surface area contributed by atoms with Crippen molar-refractivity contribution in [2.45, 2.75) is 6.92 Å². The van der Waals surface area contributed by atoms with E-state index in [0.29, 0.717) is 0 Å². The van der Waals surface area contributed by atoms with Crippen LogP contribution in [0.2, 0.25) is 0 Å². The first-order valence-electron chi connectivity index (χ1n) is 11.3. The first-order chi connectivity index (χ1) is 16.7. The Morgan fingerprint density at radius 1 is 1.06 bits per heavy atom. The second-order valence-corrected chi connectivity index (χ2v) is 9.12. The van der Waals surface area contributed by atoms with Crippen molar-refractivity contribution in [3.8, 4) is 22.5 Å². The largest absolute Gasteiger partial charge is 0.368 e. The molecule has 170 valence electrons. The van der Waals surface area contributed by atoms with Gasteiger partial charge in [0.25, 0.3) is 0 Å². The van der Waals surface area contributed by atoms with E-state index < -0.39 is 0 Å². The van der Waals surface area contributed by atoms with Crippen molar-refractivity contribution in [1.82, 2.24) is 29.9 Å². The highest BCUT2D eigenvalue weighted by Crippen LogP contribution is 2.35. The number of nitrogens with zero attached hydrogens (tertiary/aromatic N) is 5. The van der Waals surface area contributed by atoms with Crippen LogP contribution in [0.25, 0.3) is 32.6 Å². The molecule has 0 unspecified atom stereocenters. The number of hydrogen-bond donors (Lipinski definition) is 3. The maximum absolute atomic E-state index is 4.65. The molecule has 5 aromatic rings. The number of rotatable bonds is 5. The van der Waals surface area contributed by atoms with Crippen LogP contribution in [0.5, 0.6) is 0 Å². The highest BCUT2D eigenvalue weighted by Gasteiger charge is 2.15. The highest BCUT2D eigenvalue weighted by atomic mass is 32.1.